The van der Waals surface area contributed by atoms with Crippen molar-refractivity contribution in [3.8, 4) is 0 Å². The van der Waals surface area contributed by atoms with E-state index in [1.165, 1.54) is 0 Å². The van der Waals surface area contributed by atoms with Crippen LogP contribution in [-0.4, -0.2) is 51.8 Å². The van der Waals surface area contributed by atoms with Gasteiger partial charge in [0, 0.05) is 32.6 Å². The first-order valence-corrected chi connectivity index (χ1v) is 9.30. The Kier molecular flexibility index (Phi) is 5.75. The SMILES string of the molecule is CCCc1n[nH]c(=S)n1CC(=O)N1CCN(c2ccccc2Cl)CC1. The van der Waals surface area contributed by atoms with Crippen LogP contribution >= 0.6 is 23.8 Å². The van der Waals surface area contributed by atoms with E-state index in [4.69, 9.17) is 23.8 Å². The minimum atomic E-state index is 0.0775. The highest BCUT2D eigenvalue weighted by Crippen LogP contribution is 2.26. The number of halogens is 1. The van der Waals surface area contributed by atoms with E-state index in [0.717, 1.165) is 42.5 Å². The molecule has 2 heterocycles. The zero-order valence-electron chi connectivity index (χ0n) is 14.2. The van der Waals surface area contributed by atoms with Gasteiger partial charge >= 0.3 is 0 Å². The molecule has 1 amide bonds. The van der Waals surface area contributed by atoms with Gasteiger partial charge in [-0.1, -0.05) is 30.7 Å². The number of hydrogen-bond acceptors (Lipinski definition) is 4. The number of hydrogen-bond donors (Lipinski definition) is 1. The van der Waals surface area contributed by atoms with E-state index in [9.17, 15) is 4.79 Å². The number of rotatable bonds is 5. The summed E-state index contributed by atoms with van der Waals surface area (Å²) in [7, 11) is 0. The lowest BCUT2D eigenvalue weighted by Crippen LogP contribution is -2.49. The van der Waals surface area contributed by atoms with Gasteiger partial charge in [0.25, 0.3) is 0 Å². The molecule has 134 valence electrons. The number of carbonyl (C=O) groups is 1. The van der Waals surface area contributed by atoms with Crippen molar-refractivity contribution in [3.63, 3.8) is 0 Å². The lowest BCUT2D eigenvalue weighted by Gasteiger charge is -2.36. The number of piperazine rings is 1. The maximum atomic E-state index is 12.7. The number of benzene rings is 1. The van der Waals surface area contributed by atoms with Crippen molar-refractivity contribution < 1.29 is 4.79 Å². The van der Waals surface area contributed by atoms with Crippen molar-refractivity contribution in [1.29, 1.82) is 0 Å². The first kappa shape index (κ1) is 17.9. The molecule has 0 atom stereocenters. The second kappa shape index (κ2) is 8.01. The molecule has 8 heteroatoms. The highest BCUT2D eigenvalue weighted by molar-refractivity contribution is 7.71. The molecule has 1 aromatic carbocycles. The number of anilines is 1. The zero-order chi connectivity index (χ0) is 17.8. The van der Waals surface area contributed by atoms with E-state index in [0.29, 0.717) is 17.9 Å². The predicted molar refractivity (Wildman–Crippen MR) is 102 cm³/mol. The lowest BCUT2D eigenvalue weighted by atomic mass is 10.2. The number of H-pyrrole nitrogens is 1. The smallest absolute Gasteiger partial charge is 0.242 e. The van der Waals surface area contributed by atoms with Crippen LogP contribution < -0.4 is 4.90 Å². The number of amides is 1. The van der Waals surface area contributed by atoms with Crippen molar-refractivity contribution >= 4 is 35.4 Å². The summed E-state index contributed by atoms with van der Waals surface area (Å²) in [5.41, 5.74) is 1.03. The molecule has 25 heavy (non-hydrogen) atoms. The minimum absolute atomic E-state index is 0.0775. The molecule has 0 saturated carbocycles. The van der Waals surface area contributed by atoms with E-state index in [2.05, 4.69) is 22.0 Å². The van der Waals surface area contributed by atoms with E-state index < -0.39 is 0 Å². The highest BCUT2D eigenvalue weighted by atomic mass is 35.5. The summed E-state index contributed by atoms with van der Waals surface area (Å²) in [5, 5.41) is 7.75. The molecule has 0 spiro atoms. The van der Waals surface area contributed by atoms with Crippen molar-refractivity contribution in [2.75, 3.05) is 31.1 Å². The van der Waals surface area contributed by atoms with Gasteiger partial charge in [0.1, 0.15) is 12.4 Å². The van der Waals surface area contributed by atoms with Gasteiger partial charge in [-0.15, -0.1) is 0 Å². The Morgan fingerprint density at radius 1 is 1.28 bits per heavy atom. The minimum Gasteiger partial charge on any atom is -0.367 e. The fourth-order valence-electron chi connectivity index (χ4n) is 3.07. The van der Waals surface area contributed by atoms with Crippen LogP contribution in [0.1, 0.15) is 19.2 Å². The van der Waals surface area contributed by atoms with Crippen LogP contribution in [0.3, 0.4) is 0 Å². The summed E-state index contributed by atoms with van der Waals surface area (Å²) in [6.07, 6.45) is 1.77. The molecule has 0 radical (unpaired) electrons. The first-order chi connectivity index (χ1) is 12.1. The van der Waals surface area contributed by atoms with Crippen molar-refractivity contribution in [1.82, 2.24) is 19.7 Å². The van der Waals surface area contributed by atoms with E-state index in [1.54, 1.807) is 0 Å². The summed E-state index contributed by atoms with van der Waals surface area (Å²) in [6.45, 7) is 5.23. The lowest BCUT2D eigenvalue weighted by molar-refractivity contribution is -0.132. The van der Waals surface area contributed by atoms with Crippen molar-refractivity contribution in [2.45, 2.75) is 26.3 Å². The van der Waals surface area contributed by atoms with Crippen LogP contribution in [0.5, 0.6) is 0 Å². The Hall–Kier alpha value is -1.86. The molecule has 0 bridgehead atoms. The maximum Gasteiger partial charge on any atom is 0.242 e. The number of aryl methyl sites for hydroxylation is 1. The molecule has 1 aliphatic rings. The summed E-state index contributed by atoms with van der Waals surface area (Å²) in [6, 6.07) is 7.81. The Balaban J connectivity index is 1.62. The fourth-order valence-corrected chi connectivity index (χ4v) is 3.54. The van der Waals surface area contributed by atoms with Crippen LogP contribution in [0.25, 0.3) is 0 Å². The van der Waals surface area contributed by atoms with Gasteiger partial charge in [-0.3, -0.25) is 14.5 Å². The predicted octanol–water partition coefficient (Wildman–Crippen LogP) is 2.90. The summed E-state index contributed by atoms with van der Waals surface area (Å²) < 4.78 is 2.31. The van der Waals surface area contributed by atoms with Gasteiger partial charge in [0.2, 0.25) is 5.91 Å². The van der Waals surface area contributed by atoms with Crippen LogP contribution in [0.2, 0.25) is 5.02 Å². The highest BCUT2D eigenvalue weighted by Gasteiger charge is 2.23. The number of para-hydroxylation sites is 1. The maximum absolute atomic E-state index is 12.7. The summed E-state index contributed by atoms with van der Waals surface area (Å²) >= 11 is 11.5. The largest absolute Gasteiger partial charge is 0.367 e. The fraction of sp³-hybridized carbons (Fsp3) is 0.471. The quantitative estimate of drug-likeness (QED) is 0.811. The third kappa shape index (κ3) is 4.04. The Morgan fingerprint density at radius 3 is 2.68 bits per heavy atom. The molecule has 3 rings (SSSR count). The molecule has 1 saturated heterocycles. The third-order valence-electron chi connectivity index (χ3n) is 4.43. The van der Waals surface area contributed by atoms with Crippen LogP contribution in [-0.2, 0) is 17.8 Å². The van der Waals surface area contributed by atoms with Crippen LogP contribution in [0.4, 0.5) is 5.69 Å². The second-order valence-electron chi connectivity index (χ2n) is 6.10. The molecule has 0 unspecified atom stereocenters. The standard InChI is InChI=1S/C17H22ClN5OS/c1-2-5-15-19-20-17(25)23(15)12-16(24)22-10-8-21(9-11-22)14-7-4-3-6-13(14)18/h3-4,6-7H,2,5,8-12H2,1H3,(H,20,25). The molecule has 2 aromatic rings. The topological polar surface area (TPSA) is 57.2 Å². The van der Waals surface area contributed by atoms with Crippen molar-refractivity contribution in [2.24, 2.45) is 0 Å². The molecule has 6 nitrogen and oxygen atoms in total. The Morgan fingerprint density at radius 2 is 2.00 bits per heavy atom. The summed E-state index contributed by atoms with van der Waals surface area (Å²) in [5.74, 6) is 0.921. The average Bonchev–Trinajstić information content (AvgIpc) is 2.96. The number of aromatic amines is 1. The second-order valence-corrected chi connectivity index (χ2v) is 6.89. The molecule has 1 aromatic heterocycles. The van der Waals surface area contributed by atoms with E-state index in [1.807, 2.05) is 33.7 Å². The zero-order valence-corrected chi connectivity index (χ0v) is 15.8. The van der Waals surface area contributed by atoms with Gasteiger partial charge in [-0.25, -0.2) is 0 Å². The molecule has 1 aliphatic heterocycles. The van der Waals surface area contributed by atoms with Crippen LogP contribution in [0, 0.1) is 4.77 Å². The molecular formula is C17H22ClN5OS. The molecule has 1 N–H and O–H groups in total. The van der Waals surface area contributed by atoms with E-state index >= 15 is 0 Å². The number of nitrogens with zero attached hydrogens (tertiary/aromatic N) is 4. The molecule has 1 fully saturated rings. The third-order valence-corrected chi connectivity index (χ3v) is 5.06. The van der Waals surface area contributed by atoms with Gasteiger partial charge in [-0.2, -0.15) is 5.10 Å². The monoisotopic (exact) mass is 379 g/mol. The van der Waals surface area contributed by atoms with Gasteiger partial charge in [0.05, 0.1) is 10.7 Å². The number of carbonyl (C=O) groups excluding carboxylic acids is 1. The number of aromatic nitrogens is 3. The average molecular weight is 380 g/mol. The van der Waals surface area contributed by atoms with Gasteiger partial charge in [-0.05, 0) is 30.8 Å². The normalized spacial score (nSPS) is 14.8. The van der Waals surface area contributed by atoms with E-state index in [-0.39, 0.29) is 12.5 Å². The molecule has 0 aliphatic carbocycles. The summed E-state index contributed by atoms with van der Waals surface area (Å²) in [4.78, 5) is 16.8. The Bertz CT molecular complexity index is 794. The van der Waals surface area contributed by atoms with Crippen LogP contribution in [0.15, 0.2) is 24.3 Å². The van der Waals surface area contributed by atoms with Gasteiger partial charge in [0.15, 0.2) is 4.77 Å². The van der Waals surface area contributed by atoms with Gasteiger partial charge < -0.3 is 9.80 Å². The Labute approximate surface area is 157 Å². The first-order valence-electron chi connectivity index (χ1n) is 8.51. The molecular weight excluding hydrogens is 358 g/mol. The van der Waals surface area contributed by atoms with Crippen molar-refractivity contribution in [3.05, 3.63) is 39.9 Å². The number of nitrogens with one attached hydrogen (secondary N) is 1.